The van der Waals surface area contributed by atoms with Gasteiger partial charge in [-0.3, -0.25) is 14.3 Å². The van der Waals surface area contributed by atoms with E-state index in [1.54, 1.807) is 13.0 Å². The normalized spacial score (nSPS) is 16.9. The molecule has 2 N–H and O–H groups in total. The average molecular weight is 463 g/mol. The van der Waals surface area contributed by atoms with E-state index in [0.717, 1.165) is 34.5 Å². The first kappa shape index (κ1) is 21.8. The summed E-state index contributed by atoms with van der Waals surface area (Å²) in [5.74, 6) is 0.0856. The standard InChI is InChI=1S/C21H26N4O4S2/c1-5-31(28,29)24-17-9-15(19-11(2)22-21(30-19)23-13(4)26)8-16-10-25(20(27)18(16)17)12(3)14-6-7-14/h8-9,12,14,24H,5-7,10H2,1-4H3,(H,22,23,26). The topological polar surface area (TPSA) is 108 Å². The van der Waals surface area contributed by atoms with E-state index in [9.17, 15) is 18.0 Å². The van der Waals surface area contributed by atoms with Crippen LogP contribution in [0.3, 0.4) is 0 Å². The summed E-state index contributed by atoms with van der Waals surface area (Å²) in [6, 6.07) is 3.76. The van der Waals surface area contributed by atoms with Crippen molar-refractivity contribution in [3.8, 4) is 10.4 Å². The minimum absolute atomic E-state index is 0.0886. The summed E-state index contributed by atoms with van der Waals surface area (Å²) in [5, 5.41) is 3.18. The number of carbonyl (C=O) groups excluding carboxylic acids is 2. The highest BCUT2D eigenvalue weighted by Gasteiger charge is 2.40. The number of carbonyl (C=O) groups is 2. The van der Waals surface area contributed by atoms with Crippen molar-refractivity contribution < 1.29 is 18.0 Å². The first-order valence-electron chi connectivity index (χ1n) is 10.3. The third-order valence-corrected chi connectivity index (χ3v) is 8.23. The van der Waals surface area contributed by atoms with Gasteiger partial charge in [-0.15, -0.1) is 0 Å². The van der Waals surface area contributed by atoms with Crippen LogP contribution in [0.15, 0.2) is 12.1 Å². The van der Waals surface area contributed by atoms with Crippen LogP contribution in [0.2, 0.25) is 0 Å². The Balaban J connectivity index is 1.79. The molecule has 0 bridgehead atoms. The van der Waals surface area contributed by atoms with Gasteiger partial charge >= 0.3 is 0 Å². The molecule has 166 valence electrons. The summed E-state index contributed by atoms with van der Waals surface area (Å²) in [6.45, 7) is 7.34. The average Bonchev–Trinajstić information content (AvgIpc) is 3.40. The third-order valence-electron chi connectivity index (χ3n) is 5.82. The lowest BCUT2D eigenvalue weighted by molar-refractivity contribution is -0.114. The quantitative estimate of drug-likeness (QED) is 0.654. The summed E-state index contributed by atoms with van der Waals surface area (Å²) in [6.07, 6.45) is 2.24. The Labute approximate surface area is 186 Å². The van der Waals surface area contributed by atoms with Gasteiger partial charge in [0.15, 0.2) is 5.13 Å². The Kier molecular flexibility index (Phi) is 5.55. The molecule has 1 aromatic heterocycles. The number of benzene rings is 1. The van der Waals surface area contributed by atoms with Crippen molar-refractivity contribution in [2.45, 2.75) is 53.1 Å². The van der Waals surface area contributed by atoms with Gasteiger partial charge in [0.2, 0.25) is 15.9 Å². The Hall–Kier alpha value is -2.46. The van der Waals surface area contributed by atoms with E-state index >= 15 is 0 Å². The number of aryl methyl sites for hydroxylation is 1. The molecule has 10 heteroatoms. The number of amides is 2. The van der Waals surface area contributed by atoms with Gasteiger partial charge in [-0.25, -0.2) is 13.4 Å². The maximum Gasteiger partial charge on any atom is 0.256 e. The van der Waals surface area contributed by atoms with Crippen molar-refractivity contribution in [1.82, 2.24) is 9.88 Å². The molecule has 1 aliphatic heterocycles. The smallest absolute Gasteiger partial charge is 0.256 e. The van der Waals surface area contributed by atoms with Gasteiger partial charge in [0.05, 0.1) is 27.6 Å². The van der Waals surface area contributed by atoms with Crippen molar-refractivity contribution >= 4 is 44.0 Å². The fourth-order valence-corrected chi connectivity index (χ4v) is 5.60. The predicted octanol–water partition coefficient (Wildman–Crippen LogP) is 3.59. The number of sulfonamides is 1. The SMILES string of the molecule is CCS(=O)(=O)Nc1cc(-c2sc(NC(C)=O)nc2C)cc2c1C(=O)N(C(C)C1CC1)C2. The van der Waals surface area contributed by atoms with Crippen LogP contribution in [0.5, 0.6) is 0 Å². The number of fused-ring (bicyclic) bond motifs is 1. The van der Waals surface area contributed by atoms with Crippen molar-refractivity contribution in [2.24, 2.45) is 5.92 Å². The lowest BCUT2D eigenvalue weighted by Gasteiger charge is -2.24. The van der Waals surface area contributed by atoms with Gasteiger partial charge in [0.1, 0.15) is 0 Å². The number of hydrogen-bond acceptors (Lipinski definition) is 6. The molecule has 0 saturated heterocycles. The Bertz CT molecular complexity index is 1170. The third kappa shape index (κ3) is 4.31. The molecular weight excluding hydrogens is 436 g/mol. The highest BCUT2D eigenvalue weighted by molar-refractivity contribution is 7.92. The Morgan fingerprint density at radius 1 is 1.35 bits per heavy atom. The molecule has 1 unspecified atom stereocenters. The van der Waals surface area contributed by atoms with E-state index in [2.05, 4.69) is 21.9 Å². The molecule has 2 aliphatic rings. The first-order chi connectivity index (χ1) is 14.6. The summed E-state index contributed by atoms with van der Waals surface area (Å²) in [7, 11) is -3.57. The van der Waals surface area contributed by atoms with Crippen LogP contribution < -0.4 is 10.0 Å². The van der Waals surface area contributed by atoms with Crippen LogP contribution in [0.25, 0.3) is 10.4 Å². The molecule has 2 amide bonds. The molecule has 2 aromatic rings. The number of hydrogen-bond donors (Lipinski definition) is 2. The molecular formula is C21H26N4O4S2. The van der Waals surface area contributed by atoms with Crippen LogP contribution in [0.4, 0.5) is 10.8 Å². The van der Waals surface area contributed by atoms with Crippen molar-refractivity contribution in [3.63, 3.8) is 0 Å². The predicted molar refractivity (Wildman–Crippen MR) is 122 cm³/mol. The molecule has 1 aromatic carbocycles. The highest BCUT2D eigenvalue weighted by Crippen LogP contribution is 2.42. The van der Waals surface area contributed by atoms with Crippen LogP contribution in [0.1, 0.15) is 55.2 Å². The van der Waals surface area contributed by atoms with Gasteiger partial charge in [-0.05, 0) is 62.8 Å². The maximum absolute atomic E-state index is 13.2. The summed E-state index contributed by atoms with van der Waals surface area (Å²) < 4.78 is 27.3. The zero-order valence-corrected chi connectivity index (χ0v) is 19.6. The van der Waals surface area contributed by atoms with Crippen LogP contribution in [0, 0.1) is 12.8 Å². The van der Waals surface area contributed by atoms with Crippen molar-refractivity contribution in [2.75, 3.05) is 15.8 Å². The summed E-state index contributed by atoms with van der Waals surface area (Å²) >= 11 is 1.32. The molecule has 1 aliphatic carbocycles. The molecule has 1 atom stereocenters. The van der Waals surface area contributed by atoms with E-state index in [-0.39, 0.29) is 23.6 Å². The maximum atomic E-state index is 13.2. The highest BCUT2D eigenvalue weighted by atomic mass is 32.2. The van der Waals surface area contributed by atoms with Crippen LogP contribution >= 0.6 is 11.3 Å². The molecule has 1 saturated carbocycles. The Morgan fingerprint density at radius 3 is 2.68 bits per heavy atom. The van der Waals surface area contributed by atoms with E-state index in [1.807, 2.05) is 17.9 Å². The first-order valence-corrected chi connectivity index (χ1v) is 12.8. The number of rotatable bonds is 7. The number of aromatic nitrogens is 1. The summed E-state index contributed by atoms with van der Waals surface area (Å²) in [4.78, 5) is 31.7. The van der Waals surface area contributed by atoms with E-state index < -0.39 is 10.0 Å². The molecule has 1 fully saturated rings. The van der Waals surface area contributed by atoms with Crippen LogP contribution in [-0.2, 0) is 21.4 Å². The van der Waals surface area contributed by atoms with Gasteiger partial charge < -0.3 is 10.2 Å². The molecule has 0 radical (unpaired) electrons. The van der Waals surface area contributed by atoms with Gasteiger partial charge in [-0.2, -0.15) is 0 Å². The van der Waals surface area contributed by atoms with E-state index in [0.29, 0.717) is 28.8 Å². The second-order valence-corrected chi connectivity index (χ2v) is 11.2. The molecule has 4 rings (SSSR count). The second-order valence-electron chi connectivity index (χ2n) is 8.19. The van der Waals surface area contributed by atoms with Crippen LogP contribution in [-0.4, -0.2) is 41.9 Å². The largest absolute Gasteiger partial charge is 0.331 e. The fourth-order valence-electron chi connectivity index (χ4n) is 3.96. The lowest BCUT2D eigenvalue weighted by atomic mass is 10.0. The van der Waals surface area contributed by atoms with Crippen molar-refractivity contribution in [1.29, 1.82) is 0 Å². The van der Waals surface area contributed by atoms with Gasteiger partial charge in [-0.1, -0.05) is 11.3 Å². The number of nitrogens with one attached hydrogen (secondary N) is 2. The number of thiazole rings is 1. The zero-order chi connectivity index (χ0) is 22.5. The van der Waals surface area contributed by atoms with Gasteiger partial charge in [0, 0.05) is 19.5 Å². The van der Waals surface area contributed by atoms with E-state index in [4.69, 9.17) is 0 Å². The molecule has 8 nitrogen and oxygen atoms in total. The molecule has 2 heterocycles. The molecule has 31 heavy (non-hydrogen) atoms. The minimum atomic E-state index is -3.57. The second kappa shape index (κ2) is 7.90. The molecule has 0 spiro atoms. The number of anilines is 2. The number of nitrogens with zero attached hydrogens (tertiary/aromatic N) is 2. The minimum Gasteiger partial charge on any atom is -0.331 e. The monoisotopic (exact) mass is 462 g/mol. The van der Waals surface area contributed by atoms with E-state index in [1.165, 1.54) is 18.3 Å². The fraction of sp³-hybridized carbons (Fsp3) is 0.476. The zero-order valence-electron chi connectivity index (χ0n) is 18.0. The van der Waals surface area contributed by atoms with Crippen molar-refractivity contribution in [3.05, 3.63) is 29.0 Å². The summed E-state index contributed by atoms with van der Waals surface area (Å²) in [5.41, 5.74) is 3.03. The Morgan fingerprint density at radius 2 is 2.06 bits per heavy atom. The van der Waals surface area contributed by atoms with Gasteiger partial charge in [0.25, 0.3) is 5.91 Å². The lowest BCUT2D eigenvalue weighted by Crippen LogP contribution is -2.35.